The highest BCUT2D eigenvalue weighted by Gasteiger charge is 2.48. The number of thiophene rings is 1. The number of carbonyl (C=O) groups is 2. The first-order chi connectivity index (χ1) is 41.2. The molecular formula is C69H115N11O4S2. The lowest BCUT2D eigenvalue weighted by Crippen LogP contribution is -2.52. The van der Waals surface area contributed by atoms with Gasteiger partial charge in [-0.2, -0.15) is 12.6 Å². The van der Waals surface area contributed by atoms with Crippen molar-refractivity contribution >= 4 is 46.0 Å². The van der Waals surface area contributed by atoms with Crippen LogP contribution in [-0.2, 0) is 21.4 Å². The quantitative estimate of drug-likeness (QED) is 0.0418. The molecule has 4 aromatic rings. The molecule has 2 amide bonds. The summed E-state index contributed by atoms with van der Waals surface area (Å²) in [6, 6.07) is 19.7. The second kappa shape index (κ2) is 34.1. The van der Waals surface area contributed by atoms with Gasteiger partial charge in [0, 0.05) is 157 Å². The van der Waals surface area contributed by atoms with E-state index in [9.17, 15) is 19.8 Å². The second-order valence-corrected chi connectivity index (χ2v) is 28.1. The maximum atomic E-state index is 14.0. The Bertz CT molecular complexity index is 2590. The van der Waals surface area contributed by atoms with Crippen LogP contribution in [-0.4, -0.2) is 239 Å². The Morgan fingerprint density at radius 3 is 1.58 bits per heavy atom. The molecule has 17 heteroatoms. The minimum Gasteiger partial charge on any atom is -0.390 e. The van der Waals surface area contributed by atoms with Crippen molar-refractivity contribution in [1.82, 2.24) is 49.5 Å². The van der Waals surface area contributed by atoms with Gasteiger partial charge < -0.3 is 50.7 Å². The molecule has 0 spiro atoms. The number of aliphatic hydroxyl groups excluding tert-OH is 2. The molecule has 4 bridgehead atoms. The smallest absolute Gasteiger partial charge is 0.233 e. The molecule has 2 aromatic heterocycles. The van der Waals surface area contributed by atoms with Crippen LogP contribution in [0.4, 0.5) is 0 Å². The van der Waals surface area contributed by atoms with Gasteiger partial charge in [-0.3, -0.25) is 24.3 Å². The fourth-order valence-electron chi connectivity index (χ4n) is 14.5. The number of aromatic nitrogens is 1. The van der Waals surface area contributed by atoms with Gasteiger partial charge in [-0.15, -0.1) is 11.3 Å². The van der Waals surface area contributed by atoms with E-state index in [-0.39, 0.29) is 18.1 Å². The highest BCUT2D eigenvalue weighted by atomic mass is 32.1. The van der Waals surface area contributed by atoms with Crippen molar-refractivity contribution in [2.75, 3.05) is 137 Å². The number of likely N-dealkylation sites (N-methyl/N-ethyl adjacent to an activating group) is 2. The van der Waals surface area contributed by atoms with Crippen LogP contribution in [0, 0.1) is 33.6 Å². The fourth-order valence-corrected chi connectivity index (χ4v) is 15.6. The van der Waals surface area contributed by atoms with Crippen LogP contribution in [0.1, 0.15) is 133 Å². The lowest BCUT2D eigenvalue weighted by molar-refractivity contribution is -0.137. The zero-order valence-electron chi connectivity index (χ0n) is 55.1. The molecule has 2 unspecified atom stereocenters. The standard InChI is InChI=1S/C37H54N6O2S.C13H29N3O.C10H17NO.C8H10.CH5NS/c1-25-19-26(2)21-27(20-25)34-31(9-12-40-15-17-42(18-16-40)24-30(44)23-41-13-10-38-11-14-41)32-22-33(46-35(32)39-34)37(3,4)36(45)43-28-5-6-29(43)8-7-28;1-4-14(5-2)11-13(17)12-16-9-7-15(6-3)8-10-16;1-7(2)10(12)11-8-3-4-9(11)6-5-8;1-7-4-3-5-8(2)6-7;2-1-3/h19-22,28-30,38-39,44H,5-18,23-24H2,1-4H3;13,17H,4-12H2,1-3H3;7-9H,3-6H2,1-2H3;3-6H,1-2H3;3H,1-2H2. The van der Waals surface area contributed by atoms with E-state index in [1.54, 1.807) is 11.3 Å². The predicted molar refractivity (Wildman–Crippen MR) is 363 cm³/mol. The molecule has 6 N–H and O–H groups in total. The van der Waals surface area contributed by atoms with Crippen LogP contribution in [0.3, 0.4) is 0 Å². The number of nitrogens with zero attached hydrogens (tertiary/aromatic N) is 8. The van der Waals surface area contributed by atoms with Gasteiger partial charge in [0.05, 0.1) is 23.3 Å². The highest BCUT2D eigenvalue weighted by molar-refractivity contribution is 7.80. The minimum atomic E-state index is -0.529. The molecule has 7 aliphatic heterocycles. The number of thiol groups is 1. The van der Waals surface area contributed by atoms with Crippen molar-refractivity contribution in [2.45, 2.75) is 176 Å². The van der Waals surface area contributed by atoms with Crippen LogP contribution < -0.4 is 11.1 Å². The minimum absolute atomic E-state index is 0.186. The SMILES string of the molecule is CC(C)C(=O)N1C2CCC1CC2.CCN1CCN(CC(O)CN(CC)CC)CC1.Cc1cc(C)cc(-c2[nH]c3sc(C(C)(C)C(=O)N4C5CCC4CC5)cc3c2CCN2CCN(CC(O)CN3CCNCC3)CC2)c1.Cc1cccc(C)c1.NCS. The summed E-state index contributed by atoms with van der Waals surface area (Å²) in [5.74, 6) is 1.32. The number of hydrogen-bond donors (Lipinski definition) is 6. The average Bonchev–Trinajstić information content (AvgIpc) is 2.79. The number of hydrogen-bond acceptors (Lipinski definition) is 14. The Morgan fingerprint density at radius 1 is 0.663 bits per heavy atom. The zero-order chi connectivity index (χ0) is 62.1. The van der Waals surface area contributed by atoms with Gasteiger partial charge in [0.2, 0.25) is 11.8 Å². The number of H-pyrrole nitrogens is 1. The van der Waals surface area contributed by atoms with Crippen LogP contribution in [0.15, 0.2) is 48.5 Å². The summed E-state index contributed by atoms with van der Waals surface area (Å²) in [5.41, 5.74) is 13.3. The Labute approximate surface area is 529 Å². The van der Waals surface area contributed by atoms with Crippen molar-refractivity contribution in [1.29, 1.82) is 0 Å². The first-order valence-electron chi connectivity index (χ1n) is 33.4. The van der Waals surface area contributed by atoms with Crippen LogP contribution in [0.5, 0.6) is 0 Å². The molecule has 0 saturated carbocycles. The summed E-state index contributed by atoms with van der Waals surface area (Å²) >= 11 is 5.34. The van der Waals surface area contributed by atoms with E-state index in [4.69, 9.17) is 5.73 Å². The number of amides is 2. The third-order valence-electron chi connectivity index (χ3n) is 19.4. The molecule has 15 nitrogen and oxygen atoms in total. The summed E-state index contributed by atoms with van der Waals surface area (Å²) in [6.45, 7) is 43.4. The topological polar surface area (TPSA) is 154 Å². The van der Waals surface area contributed by atoms with Gasteiger partial charge in [0.1, 0.15) is 4.83 Å². The first kappa shape index (κ1) is 70.0. The number of β-amino-alcohol motifs (C(OH)–C–C–N with tert-alkyl or cyclic N) is 2. The summed E-state index contributed by atoms with van der Waals surface area (Å²) in [7, 11) is 0. The molecule has 7 fully saturated rings. The van der Waals surface area contributed by atoms with E-state index >= 15 is 0 Å². The van der Waals surface area contributed by atoms with Gasteiger partial charge in [-0.25, -0.2) is 0 Å². The van der Waals surface area contributed by atoms with Gasteiger partial charge in [0.15, 0.2) is 0 Å². The normalized spacial score (nSPS) is 22.7. The summed E-state index contributed by atoms with van der Waals surface area (Å²) in [4.78, 5) is 50.9. The van der Waals surface area contributed by atoms with Gasteiger partial charge in [-0.1, -0.05) is 87.2 Å². The number of nitrogens with one attached hydrogen (secondary N) is 2. The van der Waals surface area contributed by atoms with Crippen molar-refractivity contribution in [3.63, 3.8) is 0 Å². The molecule has 86 heavy (non-hydrogen) atoms. The number of fused-ring (bicyclic) bond motifs is 5. The molecule has 2 atom stereocenters. The Morgan fingerprint density at radius 2 is 1.12 bits per heavy atom. The van der Waals surface area contributed by atoms with Crippen molar-refractivity contribution in [3.05, 3.63) is 81.2 Å². The molecule has 7 saturated heterocycles. The zero-order valence-corrected chi connectivity index (χ0v) is 56.8. The fraction of sp³-hybridized carbons (Fsp3) is 0.710. The molecule has 2 aromatic carbocycles. The highest BCUT2D eigenvalue weighted by Crippen LogP contribution is 2.45. The molecule has 9 heterocycles. The summed E-state index contributed by atoms with van der Waals surface area (Å²) in [6.07, 6.45) is 10.2. The van der Waals surface area contributed by atoms with Gasteiger partial charge >= 0.3 is 0 Å². The third-order valence-corrected chi connectivity index (χ3v) is 20.7. The maximum Gasteiger partial charge on any atom is 0.233 e. The molecule has 0 aliphatic carbocycles. The van der Waals surface area contributed by atoms with Crippen LogP contribution >= 0.6 is 24.0 Å². The van der Waals surface area contributed by atoms with E-state index in [0.29, 0.717) is 41.9 Å². The monoisotopic (exact) mass is 1230 g/mol. The van der Waals surface area contributed by atoms with Crippen molar-refractivity contribution in [3.8, 4) is 11.3 Å². The first-order valence-corrected chi connectivity index (χ1v) is 34.8. The largest absolute Gasteiger partial charge is 0.390 e. The van der Waals surface area contributed by atoms with Crippen molar-refractivity contribution < 1.29 is 19.8 Å². The van der Waals surface area contributed by atoms with E-state index in [0.717, 1.165) is 137 Å². The number of aromatic amines is 1. The number of aliphatic hydroxyl groups is 2. The number of rotatable bonds is 18. The summed E-state index contributed by atoms with van der Waals surface area (Å²) in [5, 5.41) is 25.5. The molecule has 0 radical (unpaired) electrons. The number of carbonyl (C=O) groups excluding carboxylic acids is 2. The molecule has 7 aliphatic rings. The van der Waals surface area contributed by atoms with Gasteiger partial charge in [-0.05, 0) is 148 Å². The molecule has 482 valence electrons. The predicted octanol–water partition coefficient (Wildman–Crippen LogP) is 8.63. The number of nitrogens with two attached hydrogens (primary N) is 1. The molecular weight excluding hydrogens is 1110 g/mol. The number of benzene rings is 2. The van der Waals surface area contributed by atoms with Crippen LogP contribution in [0.2, 0.25) is 0 Å². The second-order valence-electron chi connectivity index (χ2n) is 26.7. The number of aryl methyl sites for hydroxylation is 4. The lowest BCUT2D eigenvalue weighted by atomic mass is 9.88. The van der Waals surface area contributed by atoms with Crippen molar-refractivity contribution in [2.24, 2.45) is 11.7 Å². The molecule has 11 rings (SSSR count). The Hall–Kier alpha value is -3.43. The van der Waals surface area contributed by atoms with E-state index < -0.39 is 5.41 Å². The van der Waals surface area contributed by atoms with E-state index in [1.165, 1.54) is 106 Å². The Balaban J connectivity index is 0.000000213. The average molecular weight is 1230 g/mol. The lowest BCUT2D eigenvalue weighted by Gasteiger charge is -2.37. The van der Waals surface area contributed by atoms with E-state index in [2.05, 4.69) is 173 Å². The third kappa shape index (κ3) is 19.5. The Kier molecular flexibility index (Phi) is 27.8. The maximum absolute atomic E-state index is 14.0. The van der Waals surface area contributed by atoms with Crippen LogP contribution in [0.25, 0.3) is 21.5 Å². The van der Waals surface area contributed by atoms with E-state index in [1.807, 2.05) is 13.8 Å². The van der Waals surface area contributed by atoms with Gasteiger partial charge in [0.25, 0.3) is 0 Å². The number of piperazine rings is 3. The summed E-state index contributed by atoms with van der Waals surface area (Å²) < 4.78 is 0.